The number of hydrogen-bond donors (Lipinski definition) is 2. The van der Waals surface area contributed by atoms with Gasteiger partial charge in [-0.05, 0) is 11.6 Å². The van der Waals surface area contributed by atoms with Gasteiger partial charge in [0.15, 0.2) is 0 Å². The molecule has 82 valence electrons. The third kappa shape index (κ3) is 2.95. The van der Waals surface area contributed by atoms with Crippen LogP contribution in [0.3, 0.4) is 0 Å². The lowest BCUT2D eigenvalue weighted by atomic mass is 10.1. The van der Waals surface area contributed by atoms with Crippen molar-refractivity contribution < 1.29 is 18.7 Å². The Bertz CT molecular complexity index is 369. The summed E-state index contributed by atoms with van der Waals surface area (Å²) in [5.41, 5.74) is 5.50. The van der Waals surface area contributed by atoms with Gasteiger partial charge in [-0.2, -0.15) is 0 Å². The maximum Gasteiger partial charge on any atom is 0.309 e. The van der Waals surface area contributed by atoms with Gasteiger partial charge in [-0.25, -0.2) is 8.78 Å². The standard InChI is InChI=1S/C9H10F2N2O2/c10-9(11)7-4-13-6(2-8(14)15)1-5(7)3-12/h1,4,9H,2-3,12H2,(H,14,15). The molecule has 0 saturated heterocycles. The molecule has 4 nitrogen and oxygen atoms in total. The summed E-state index contributed by atoms with van der Waals surface area (Å²) < 4.78 is 24.8. The van der Waals surface area contributed by atoms with Crippen LogP contribution in [0.25, 0.3) is 0 Å². The Morgan fingerprint density at radius 1 is 1.60 bits per heavy atom. The number of aromatic nitrogens is 1. The summed E-state index contributed by atoms with van der Waals surface area (Å²) in [6.45, 7) is -0.0607. The van der Waals surface area contributed by atoms with E-state index < -0.39 is 12.4 Å². The minimum Gasteiger partial charge on any atom is -0.481 e. The molecule has 0 spiro atoms. The normalized spacial score (nSPS) is 10.7. The van der Waals surface area contributed by atoms with Gasteiger partial charge in [-0.3, -0.25) is 9.78 Å². The Morgan fingerprint density at radius 2 is 2.27 bits per heavy atom. The first-order valence-electron chi connectivity index (χ1n) is 4.22. The van der Waals surface area contributed by atoms with E-state index in [0.717, 1.165) is 6.20 Å². The van der Waals surface area contributed by atoms with Crippen molar-refractivity contribution in [1.29, 1.82) is 0 Å². The highest BCUT2D eigenvalue weighted by molar-refractivity contribution is 5.69. The third-order valence-electron chi connectivity index (χ3n) is 1.87. The van der Waals surface area contributed by atoms with Gasteiger partial charge in [-0.15, -0.1) is 0 Å². The van der Waals surface area contributed by atoms with Crippen LogP contribution in [0.2, 0.25) is 0 Å². The topological polar surface area (TPSA) is 76.2 Å². The second kappa shape index (κ2) is 4.79. The molecule has 6 heteroatoms. The minimum atomic E-state index is -2.64. The van der Waals surface area contributed by atoms with Crippen LogP contribution < -0.4 is 5.73 Å². The van der Waals surface area contributed by atoms with E-state index in [2.05, 4.69) is 4.98 Å². The Hall–Kier alpha value is -1.56. The van der Waals surface area contributed by atoms with Crippen LogP contribution in [0.15, 0.2) is 12.3 Å². The van der Waals surface area contributed by atoms with Crippen LogP contribution in [-0.4, -0.2) is 16.1 Å². The number of carboxylic acids is 1. The van der Waals surface area contributed by atoms with Gasteiger partial charge in [-0.1, -0.05) is 0 Å². The molecule has 1 rings (SSSR count). The third-order valence-corrected chi connectivity index (χ3v) is 1.87. The molecule has 0 aliphatic heterocycles. The summed E-state index contributed by atoms with van der Waals surface area (Å²) in [4.78, 5) is 14.0. The maximum absolute atomic E-state index is 12.4. The number of pyridine rings is 1. The van der Waals surface area contributed by atoms with E-state index in [1.54, 1.807) is 0 Å². The van der Waals surface area contributed by atoms with Crippen molar-refractivity contribution in [2.45, 2.75) is 19.4 Å². The molecule has 0 atom stereocenters. The summed E-state index contributed by atoms with van der Waals surface area (Å²) in [5, 5.41) is 8.49. The molecule has 1 aromatic rings. The molecule has 0 amide bonds. The molecule has 0 bridgehead atoms. The van der Waals surface area contributed by atoms with Crippen molar-refractivity contribution in [2.75, 3.05) is 0 Å². The van der Waals surface area contributed by atoms with Crippen molar-refractivity contribution in [1.82, 2.24) is 4.98 Å². The summed E-state index contributed by atoms with van der Waals surface area (Å²) >= 11 is 0. The molecule has 0 aromatic carbocycles. The fraction of sp³-hybridized carbons (Fsp3) is 0.333. The molecule has 0 saturated carbocycles. The molecular formula is C9H10F2N2O2. The van der Waals surface area contributed by atoms with Crippen LogP contribution in [0.1, 0.15) is 23.2 Å². The van der Waals surface area contributed by atoms with E-state index >= 15 is 0 Å². The van der Waals surface area contributed by atoms with Crippen molar-refractivity contribution in [2.24, 2.45) is 5.73 Å². The molecular weight excluding hydrogens is 206 g/mol. The number of halogens is 2. The summed E-state index contributed by atoms with van der Waals surface area (Å²) in [6, 6.07) is 1.30. The smallest absolute Gasteiger partial charge is 0.309 e. The van der Waals surface area contributed by atoms with E-state index in [9.17, 15) is 13.6 Å². The molecule has 1 aromatic heterocycles. The van der Waals surface area contributed by atoms with Gasteiger partial charge >= 0.3 is 5.97 Å². The van der Waals surface area contributed by atoms with E-state index in [4.69, 9.17) is 10.8 Å². The maximum atomic E-state index is 12.4. The number of hydrogen-bond acceptors (Lipinski definition) is 3. The average Bonchev–Trinajstić information content (AvgIpc) is 2.16. The largest absolute Gasteiger partial charge is 0.481 e. The van der Waals surface area contributed by atoms with E-state index in [-0.39, 0.29) is 29.8 Å². The zero-order valence-electron chi connectivity index (χ0n) is 7.78. The Balaban J connectivity index is 3.02. The zero-order valence-corrected chi connectivity index (χ0v) is 7.78. The van der Waals surface area contributed by atoms with E-state index in [0.29, 0.717) is 0 Å². The average molecular weight is 216 g/mol. The predicted octanol–water partition coefficient (Wildman–Crippen LogP) is 1.10. The predicted molar refractivity (Wildman–Crippen MR) is 48.4 cm³/mol. The van der Waals surface area contributed by atoms with Crippen LogP contribution in [0.5, 0.6) is 0 Å². The van der Waals surface area contributed by atoms with Gasteiger partial charge < -0.3 is 10.8 Å². The highest BCUT2D eigenvalue weighted by Crippen LogP contribution is 2.22. The Morgan fingerprint density at radius 3 is 2.73 bits per heavy atom. The molecule has 3 N–H and O–H groups in total. The van der Waals surface area contributed by atoms with Crippen LogP contribution in [0.4, 0.5) is 8.78 Å². The number of carboxylic acid groups (broad SMARTS) is 1. The second-order valence-corrected chi connectivity index (χ2v) is 2.95. The fourth-order valence-electron chi connectivity index (χ4n) is 1.18. The molecule has 0 unspecified atom stereocenters. The highest BCUT2D eigenvalue weighted by atomic mass is 19.3. The zero-order chi connectivity index (χ0) is 11.4. The Kier molecular flexibility index (Phi) is 3.68. The lowest BCUT2D eigenvalue weighted by molar-refractivity contribution is -0.136. The highest BCUT2D eigenvalue weighted by Gasteiger charge is 2.14. The molecule has 0 fully saturated rings. The van der Waals surface area contributed by atoms with Crippen LogP contribution in [-0.2, 0) is 17.8 Å². The summed E-state index contributed by atoms with van der Waals surface area (Å²) in [6.07, 6.45) is -1.96. The first-order valence-corrected chi connectivity index (χ1v) is 4.22. The second-order valence-electron chi connectivity index (χ2n) is 2.95. The molecule has 0 aliphatic carbocycles. The minimum absolute atomic E-state index is 0.0607. The molecule has 0 aliphatic rings. The molecule has 1 heterocycles. The summed E-state index contributed by atoms with van der Waals surface area (Å²) in [7, 11) is 0. The Labute approximate surface area is 84.7 Å². The number of rotatable bonds is 4. The lowest BCUT2D eigenvalue weighted by Crippen LogP contribution is -2.08. The van der Waals surface area contributed by atoms with Crippen molar-refractivity contribution in [3.63, 3.8) is 0 Å². The first-order chi connectivity index (χ1) is 7.04. The van der Waals surface area contributed by atoms with Gasteiger partial charge in [0.1, 0.15) is 0 Å². The summed E-state index contributed by atoms with van der Waals surface area (Å²) in [5.74, 6) is -1.06. The number of aliphatic carboxylic acids is 1. The van der Waals surface area contributed by atoms with Gasteiger partial charge in [0.25, 0.3) is 6.43 Å². The van der Waals surface area contributed by atoms with Crippen molar-refractivity contribution in [3.8, 4) is 0 Å². The fourth-order valence-corrected chi connectivity index (χ4v) is 1.18. The molecule has 15 heavy (non-hydrogen) atoms. The first kappa shape index (κ1) is 11.5. The van der Waals surface area contributed by atoms with E-state index in [1.165, 1.54) is 6.07 Å². The SMILES string of the molecule is NCc1cc(CC(=O)O)ncc1C(F)F. The number of nitrogens with zero attached hydrogens (tertiary/aromatic N) is 1. The van der Waals surface area contributed by atoms with Crippen LogP contribution in [0, 0.1) is 0 Å². The van der Waals surface area contributed by atoms with Crippen molar-refractivity contribution in [3.05, 3.63) is 29.1 Å². The quantitative estimate of drug-likeness (QED) is 0.790. The van der Waals surface area contributed by atoms with Crippen molar-refractivity contribution >= 4 is 5.97 Å². The number of nitrogens with two attached hydrogens (primary N) is 1. The van der Waals surface area contributed by atoms with E-state index in [1.807, 2.05) is 0 Å². The lowest BCUT2D eigenvalue weighted by Gasteiger charge is -2.07. The number of alkyl halides is 2. The van der Waals surface area contributed by atoms with Gasteiger partial charge in [0, 0.05) is 18.3 Å². The van der Waals surface area contributed by atoms with Gasteiger partial charge in [0.05, 0.1) is 12.1 Å². The van der Waals surface area contributed by atoms with Crippen LogP contribution >= 0.6 is 0 Å². The molecule has 0 radical (unpaired) electrons. The van der Waals surface area contributed by atoms with Gasteiger partial charge in [0.2, 0.25) is 0 Å². The number of carbonyl (C=O) groups is 1. The monoisotopic (exact) mass is 216 g/mol.